The number of carbonyl (C=O) groups excluding carboxylic acids is 1. The molecule has 0 bridgehead atoms. The van der Waals surface area contributed by atoms with Crippen molar-refractivity contribution in [3.8, 4) is 0 Å². The van der Waals surface area contributed by atoms with Gasteiger partial charge in [-0.1, -0.05) is 12.1 Å². The minimum atomic E-state index is -0.399. The van der Waals surface area contributed by atoms with E-state index in [1.54, 1.807) is 19.1 Å². The number of rotatable bonds is 6. The van der Waals surface area contributed by atoms with E-state index in [0.29, 0.717) is 19.5 Å². The van der Waals surface area contributed by atoms with E-state index in [9.17, 15) is 14.3 Å². The predicted molar refractivity (Wildman–Crippen MR) is 79.1 cm³/mol. The van der Waals surface area contributed by atoms with Crippen LogP contribution >= 0.6 is 0 Å². The molecule has 1 aliphatic heterocycles. The lowest BCUT2D eigenvalue weighted by molar-refractivity contribution is -0.125. The number of nitrogens with zero attached hydrogens (tertiary/aromatic N) is 1. The van der Waals surface area contributed by atoms with Gasteiger partial charge in [-0.25, -0.2) is 4.39 Å². The van der Waals surface area contributed by atoms with Crippen molar-refractivity contribution in [1.82, 2.24) is 10.2 Å². The Morgan fingerprint density at radius 3 is 2.86 bits per heavy atom. The second kappa shape index (κ2) is 7.52. The van der Waals surface area contributed by atoms with E-state index in [2.05, 4.69) is 10.2 Å². The molecule has 0 radical (unpaired) electrons. The maximum Gasteiger partial charge on any atom is 0.237 e. The van der Waals surface area contributed by atoms with Gasteiger partial charge in [-0.15, -0.1) is 0 Å². The number of hydrogen-bond acceptors (Lipinski definition) is 3. The zero-order valence-electron chi connectivity index (χ0n) is 12.4. The summed E-state index contributed by atoms with van der Waals surface area (Å²) in [4.78, 5) is 14.3. The molecule has 2 N–H and O–H groups in total. The van der Waals surface area contributed by atoms with Crippen LogP contribution in [0.5, 0.6) is 0 Å². The van der Waals surface area contributed by atoms with Gasteiger partial charge in [0.25, 0.3) is 0 Å². The Morgan fingerprint density at radius 2 is 2.19 bits per heavy atom. The molecule has 0 aliphatic carbocycles. The van der Waals surface area contributed by atoms with Gasteiger partial charge in [-0.2, -0.15) is 0 Å². The van der Waals surface area contributed by atoms with Gasteiger partial charge in [0.15, 0.2) is 0 Å². The van der Waals surface area contributed by atoms with E-state index < -0.39 is 6.10 Å². The van der Waals surface area contributed by atoms with Gasteiger partial charge in [-0.05, 0) is 50.4 Å². The summed E-state index contributed by atoms with van der Waals surface area (Å²) in [6.45, 7) is 3.75. The van der Waals surface area contributed by atoms with Crippen molar-refractivity contribution >= 4 is 5.91 Å². The van der Waals surface area contributed by atoms with E-state index in [0.717, 1.165) is 24.9 Å². The Bertz CT molecular complexity index is 462. The Kier molecular flexibility index (Phi) is 5.70. The van der Waals surface area contributed by atoms with Crippen LogP contribution in [0.2, 0.25) is 0 Å². The molecule has 116 valence electrons. The maximum atomic E-state index is 12.9. The molecule has 0 aromatic heterocycles. The molecule has 1 aliphatic rings. The van der Waals surface area contributed by atoms with Crippen LogP contribution in [0.1, 0.15) is 31.7 Å². The zero-order chi connectivity index (χ0) is 15.2. The van der Waals surface area contributed by atoms with Gasteiger partial charge in [0, 0.05) is 13.1 Å². The normalized spacial score (nSPS) is 20.4. The van der Waals surface area contributed by atoms with Crippen LogP contribution in [0.3, 0.4) is 0 Å². The first-order valence-corrected chi connectivity index (χ1v) is 7.50. The number of nitrogens with one attached hydrogen (secondary N) is 1. The van der Waals surface area contributed by atoms with E-state index in [1.165, 1.54) is 12.1 Å². The minimum absolute atomic E-state index is 0.0234. The Hall–Kier alpha value is -1.46. The quantitative estimate of drug-likeness (QED) is 0.839. The Balaban J connectivity index is 1.87. The molecule has 21 heavy (non-hydrogen) atoms. The molecule has 1 heterocycles. The maximum absolute atomic E-state index is 12.9. The van der Waals surface area contributed by atoms with Crippen molar-refractivity contribution in [1.29, 1.82) is 0 Å². The second-order valence-electron chi connectivity index (χ2n) is 5.68. The predicted octanol–water partition coefficient (Wildman–Crippen LogP) is 1.68. The number of likely N-dealkylation sites (tertiary alicyclic amines) is 1. The summed E-state index contributed by atoms with van der Waals surface area (Å²) in [5.41, 5.74) is 1.01. The molecule has 1 saturated heterocycles. The molecule has 2 rings (SSSR count). The number of aliphatic hydroxyl groups is 1. The molecule has 0 saturated carbocycles. The Morgan fingerprint density at radius 1 is 1.48 bits per heavy atom. The van der Waals surface area contributed by atoms with E-state index in [-0.39, 0.29) is 17.8 Å². The van der Waals surface area contributed by atoms with E-state index in [1.807, 2.05) is 0 Å². The number of carbonyl (C=O) groups is 1. The number of hydrogen-bond donors (Lipinski definition) is 2. The number of benzene rings is 1. The largest absolute Gasteiger partial charge is 0.393 e. The first kappa shape index (κ1) is 15.9. The Labute approximate surface area is 125 Å². The van der Waals surface area contributed by atoms with E-state index in [4.69, 9.17) is 0 Å². The van der Waals surface area contributed by atoms with Gasteiger partial charge >= 0.3 is 0 Å². The molecule has 0 spiro atoms. The summed E-state index contributed by atoms with van der Waals surface area (Å²) >= 11 is 0. The lowest BCUT2D eigenvalue weighted by Crippen LogP contribution is -2.43. The third-order valence-corrected chi connectivity index (χ3v) is 3.83. The molecular formula is C16H23FN2O2. The van der Waals surface area contributed by atoms with Crippen molar-refractivity contribution in [3.63, 3.8) is 0 Å². The van der Waals surface area contributed by atoms with Crippen molar-refractivity contribution < 1.29 is 14.3 Å². The third-order valence-electron chi connectivity index (χ3n) is 3.83. The first-order chi connectivity index (χ1) is 10.1. The lowest BCUT2D eigenvalue weighted by Gasteiger charge is -2.23. The molecule has 4 nitrogen and oxygen atoms in total. The first-order valence-electron chi connectivity index (χ1n) is 7.50. The van der Waals surface area contributed by atoms with Crippen LogP contribution in [-0.4, -0.2) is 41.1 Å². The smallest absolute Gasteiger partial charge is 0.237 e. The van der Waals surface area contributed by atoms with Crippen LogP contribution in [-0.2, 0) is 11.3 Å². The monoisotopic (exact) mass is 294 g/mol. The number of halogens is 1. The minimum Gasteiger partial charge on any atom is -0.393 e. The average Bonchev–Trinajstić information content (AvgIpc) is 2.89. The van der Waals surface area contributed by atoms with Crippen LogP contribution < -0.4 is 5.32 Å². The van der Waals surface area contributed by atoms with Crippen LogP contribution in [0.4, 0.5) is 4.39 Å². The summed E-state index contributed by atoms with van der Waals surface area (Å²) < 4.78 is 12.9. The van der Waals surface area contributed by atoms with Crippen molar-refractivity contribution in [2.75, 3.05) is 13.1 Å². The van der Waals surface area contributed by atoms with E-state index >= 15 is 0 Å². The lowest BCUT2D eigenvalue weighted by atomic mass is 10.1. The topological polar surface area (TPSA) is 52.6 Å². The summed E-state index contributed by atoms with van der Waals surface area (Å²) in [5, 5.41) is 12.1. The highest BCUT2D eigenvalue weighted by atomic mass is 19.1. The number of amides is 1. The molecule has 2 atom stereocenters. The summed E-state index contributed by atoms with van der Waals surface area (Å²) in [6.07, 6.45) is 2.01. The van der Waals surface area contributed by atoms with Gasteiger partial charge in [-0.3, -0.25) is 9.69 Å². The SMILES string of the molecule is CC(O)CCNC(=O)C1CCCN1Cc1ccc(F)cc1. The van der Waals surface area contributed by atoms with Crippen LogP contribution in [0.15, 0.2) is 24.3 Å². The fourth-order valence-corrected chi connectivity index (χ4v) is 2.66. The molecule has 1 aromatic rings. The van der Waals surface area contributed by atoms with Gasteiger partial charge in [0.05, 0.1) is 12.1 Å². The molecule has 2 unspecified atom stereocenters. The molecule has 1 amide bonds. The summed E-state index contributed by atoms with van der Waals surface area (Å²) in [5.74, 6) is -0.220. The second-order valence-corrected chi connectivity index (χ2v) is 5.68. The zero-order valence-corrected chi connectivity index (χ0v) is 12.4. The molecular weight excluding hydrogens is 271 g/mol. The molecule has 1 fully saturated rings. The van der Waals surface area contributed by atoms with Gasteiger partial charge in [0.2, 0.25) is 5.91 Å². The highest BCUT2D eigenvalue weighted by molar-refractivity contribution is 5.82. The third kappa shape index (κ3) is 4.79. The average molecular weight is 294 g/mol. The van der Waals surface area contributed by atoms with Gasteiger partial charge < -0.3 is 10.4 Å². The van der Waals surface area contributed by atoms with Crippen molar-refractivity contribution in [3.05, 3.63) is 35.6 Å². The van der Waals surface area contributed by atoms with Crippen LogP contribution in [0.25, 0.3) is 0 Å². The van der Waals surface area contributed by atoms with Crippen molar-refractivity contribution in [2.24, 2.45) is 0 Å². The van der Waals surface area contributed by atoms with Crippen molar-refractivity contribution in [2.45, 2.75) is 44.9 Å². The van der Waals surface area contributed by atoms with Crippen LogP contribution in [0, 0.1) is 5.82 Å². The highest BCUT2D eigenvalue weighted by Gasteiger charge is 2.30. The fourth-order valence-electron chi connectivity index (χ4n) is 2.66. The fraction of sp³-hybridized carbons (Fsp3) is 0.562. The summed E-state index contributed by atoms with van der Waals surface area (Å²) in [7, 11) is 0. The highest BCUT2D eigenvalue weighted by Crippen LogP contribution is 2.20. The molecule has 5 heteroatoms. The summed E-state index contributed by atoms with van der Waals surface area (Å²) in [6, 6.07) is 6.29. The van der Waals surface area contributed by atoms with Gasteiger partial charge in [0.1, 0.15) is 5.82 Å². The number of aliphatic hydroxyl groups excluding tert-OH is 1. The molecule has 1 aromatic carbocycles. The standard InChI is InChI=1S/C16H23FN2O2/c1-12(20)8-9-18-16(21)15-3-2-10-19(15)11-13-4-6-14(17)7-5-13/h4-7,12,15,20H,2-3,8-11H2,1H3,(H,18,21).